The summed E-state index contributed by atoms with van der Waals surface area (Å²) >= 11 is 0. The van der Waals surface area contributed by atoms with Gasteiger partial charge in [-0.2, -0.15) is 5.26 Å². The van der Waals surface area contributed by atoms with Crippen LogP contribution in [0.1, 0.15) is 31.9 Å². The summed E-state index contributed by atoms with van der Waals surface area (Å²) < 4.78 is 13.0. The summed E-state index contributed by atoms with van der Waals surface area (Å²) in [5.74, 6) is -0.258. The van der Waals surface area contributed by atoms with Gasteiger partial charge >= 0.3 is 0 Å². The second-order valence-corrected chi connectivity index (χ2v) is 5.46. The van der Waals surface area contributed by atoms with E-state index in [-0.39, 0.29) is 11.9 Å². The van der Waals surface area contributed by atoms with Crippen molar-refractivity contribution in [3.63, 3.8) is 0 Å². The molecule has 1 aromatic carbocycles. The Morgan fingerprint density at radius 3 is 2.60 bits per heavy atom. The summed E-state index contributed by atoms with van der Waals surface area (Å²) in [5, 5.41) is 9.46. The van der Waals surface area contributed by atoms with E-state index in [1.807, 2.05) is 0 Å². The van der Waals surface area contributed by atoms with Gasteiger partial charge < -0.3 is 0 Å². The van der Waals surface area contributed by atoms with Crippen LogP contribution in [-0.2, 0) is 0 Å². The lowest BCUT2D eigenvalue weighted by atomic mass is 10.0. The van der Waals surface area contributed by atoms with E-state index < -0.39 is 0 Å². The predicted octanol–water partition coefficient (Wildman–Crippen LogP) is 2.81. The van der Waals surface area contributed by atoms with Gasteiger partial charge in [0.1, 0.15) is 11.9 Å². The van der Waals surface area contributed by atoms with E-state index in [1.165, 1.54) is 12.1 Å². The van der Waals surface area contributed by atoms with Crippen LogP contribution in [0.15, 0.2) is 24.3 Å². The third-order valence-corrected chi connectivity index (χ3v) is 3.98. The number of hydrogen-bond donors (Lipinski definition) is 0. The van der Waals surface area contributed by atoms with Gasteiger partial charge in [-0.3, -0.25) is 9.80 Å². The summed E-state index contributed by atoms with van der Waals surface area (Å²) in [6.07, 6.45) is 1.16. The van der Waals surface area contributed by atoms with Crippen LogP contribution >= 0.6 is 0 Å². The van der Waals surface area contributed by atoms with Crippen molar-refractivity contribution in [1.82, 2.24) is 9.80 Å². The predicted molar refractivity (Wildman–Crippen MR) is 77.7 cm³/mol. The molecule has 1 aliphatic heterocycles. The van der Waals surface area contributed by atoms with E-state index in [0.29, 0.717) is 6.04 Å². The van der Waals surface area contributed by atoms with E-state index in [4.69, 9.17) is 0 Å². The molecule has 1 aliphatic rings. The molecule has 2 atom stereocenters. The molecule has 0 saturated carbocycles. The molecule has 4 heteroatoms. The first-order valence-corrected chi connectivity index (χ1v) is 7.29. The van der Waals surface area contributed by atoms with Crippen LogP contribution in [-0.4, -0.2) is 42.0 Å². The monoisotopic (exact) mass is 275 g/mol. The van der Waals surface area contributed by atoms with Crippen molar-refractivity contribution in [2.24, 2.45) is 0 Å². The van der Waals surface area contributed by atoms with Crippen molar-refractivity contribution in [3.05, 3.63) is 35.6 Å². The third kappa shape index (κ3) is 3.36. The number of rotatable bonds is 4. The van der Waals surface area contributed by atoms with Crippen molar-refractivity contribution >= 4 is 0 Å². The van der Waals surface area contributed by atoms with Crippen molar-refractivity contribution in [2.75, 3.05) is 26.2 Å². The Hall–Kier alpha value is -1.44. The zero-order valence-electron chi connectivity index (χ0n) is 12.2. The van der Waals surface area contributed by atoms with Gasteiger partial charge in [0.05, 0.1) is 6.07 Å². The number of nitrogens with zero attached hydrogens (tertiary/aromatic N) is 3. The van der Waals surface area contributed by atoms with Gasteiger partial charge in [0, 0.05) is 25.7 Å². The molecule has 0 aromatic heterocycles. The average Bonchev–Trinajstić information content (AvgIpc) is 2.45. The molecule has 1 heterocycles. The normalized spacial score (nSPS) is 22.4. The van der Waals surface area contributed by atoms with Gasteiger partial charge in [-0.25, -0.2) is 4.39 Å². The topological polar surface area (TPSA) is 30.3 Å². The average molecular weight is 275 g/mol. The van der Waals surface area contributed by atoms with Crippen LogP contribution in [0.5, 0.6) is 0 Å². The fourth-order valence-electron chi connectivity index (χ4n) is 2.89. The highest BCUT2D eigenvalue weighted by molar-refractivity contribution is 5.25. The highest BCUT2D eigenvalue weighted by Crippen LogP contribution is 2.23. The Kier molecular flexibility index (Phi) is 5.11. The number of nitriles is 1. The second kappa shape index (κ2) is 6.83. The van der Waals surface area contributed by atoms with Crippen molar-refractivity contribution in [1.29, 1.82) is 5.26 Å². The van der Waals surface area contributed by atoms with Gasteiger partial charge in [-0.05, 0) is 37.6 Å². The summed E-state index contributed by atoms with van der Waals surface area (Å²) in [6, 6.07) is 8.83. The maximum absolute atomic E-state index is 13.0. The molecular weight excluding hydrogens is 253 g/mol. The van der Waals surface area contributed by atoms with Crippen LogP contribution in [0.4, 0.5) is 4.39 Å². The van der Waals surface area contributed by atoms with Gasteiger partial charge in [-0.1, -0.05) is 19.1 Å². The summed E-state index contributed by atoms with van der Waals surface area (Å²) in [7, 11) is 0. The molecular formula is C16H22FN3. The molecule has 0 N–H and O–H groups in total. The Morgan fingerprint density at radius 1 is 1.35 bits per heavy atom. The molecule has 1 fully saturated rings. The summed E-state index contributed by atoms with van der Waals surface area (Å²) in [6.45, 7) is 8.28. The summed E-state index contributed by atoms with van der Waals surface area (Å²) in [5.41, 5.74) is 0.880. The molecule has 0 amide bonds. The van der Waals surface area contributed by atoms with E-state index in [0.717, 1.165) is 38.2 Å². The van der Waals surface area contributed by atoms with Gasteiger partial charge in [-0.15, -0.1) is 0 Å². The van der Waals surface area contributed by atoms with E-state index in [1.54, 1.807) is 12.1 Å². The van der Waals surface area contributed by atoms with Crippen LogP contribution in [0, 0.1) is 17.1 Å². The number of halogens is 1. The lowest BCUT2D eigenvalue weighted by Crippen LogP contribution is -2.52. The molecule has 0 aliphatic carbocycles. The lowest BCUT2D eigenvalue weighted by molar-refractivity contribution is 0.0690. The zero-order chi connectivity index (χ0) is 14.5. The lowest BCUT2D eigenvalue weighted by Gasteiger charge is -2.41. The third-order valence-electron chi connectivity index (χ3n) is 3.98. The zero-order valence-corrected chi connectivity index (χ0v) is 12.2. The van der Waals surface area contributed by atoms with Crippen molar-refractivity contribution in [2.45, 2.75) is 32.4 Å². The Morgan fingerprint density at radius 2 is 2.05 bits per heavy atom. The van der Waals surface area contributed by atoms with Crippen LogP contribution in [0.3, 0.4) is 0 Å². The minimum atomic E-state index is -0.276. The number of benzene rings is 1. The Balaban J connectivity index is 2.06. The highest BCUT2D eigenvalue weighted by Gasteiger charge is 2.28. The first-order chi connectivity index (χ1) is 9.65. The maximum Gasteiger partial charge on any atom is 0.123 e. The maximum atomic E-state index is 13.0. The van der Waals surface area contributed by atoms with Crippen LogP contribution < -0.4 is 0 Å². The van der Waals surface area contributed by atoms with Gasteiger partial charge in [0.25, 0.3) is 0 Å². The minimum Gasteiger partial charge on any atom is -0.298 e. The Labute approximate surface area is 120 Å². The fourth-order valence-corrected chi connectivity index (χ4v) is 2.89. The molecule has 2 unspecified atom stereocenters. The Bertz CT molecular complexity index is 466. The smallest absolute Gasteiger partial charge is 0.123 e. The van der Waals surface area contributed by atoms with E-state index in [2.05, 4.69) is 29.7 Å². The SMILES string of the molecule is CCCN1CCN(C(C#N)c2ccc(F)cc2)CC1C. The molecule has 20 heavy (non-hydrogen) atoms. The van der Waals surface area contributed by atoms with Crippen LogP contribution in [0.2, 0.25) is 0 Å². The van der Waals surface area contributed by atoms with E-state index in [9.17, 15) is 9.65 Å². The number of hydrogen-bond acceptors (Lipinski definition) is 3. The van der Waals surface area contributed by atoms with Gasteiger partial charge in [0.2, 0.25) is 0 Å². The second-order valence-electron chi connectivity index (χ2n) is 5.46. The molecule has 0 bridgehead atoms. The summed E-state index contributed by atoms with van der Waals surface area (Å²) in [4.78, 5) is 4.67. The quantitative estimate of drug-likeness (QED) is 0.846. The highest BCUT2D eigenvalue weighted by atomic mass is 19.1. The molecule has 3 nitrogen and oxygen atoms in total. The standard InChI is InChI=1S/C16H22FN3/c1-3-8-19-9-10-20(12-13(19)2)16(11-18)14-4-6-15(17)7-5-14/h4-7,13,16H,3,8-10,12H2,1-2H3. The van der Waals surface area contributed by atoms with Gasteiger partial charge in [0.15, 0.2) is 0 Å². The van der Waals surface area contributed by atoms with Crippen molar-refractivity contribution in [3.8, 4) is 6.07 Å². The first-order valence-electron chi connectivity index (χ1n) is 7.29. The van der Waals surface area contributed by atoms with E-state index >= 15 is 0 Å². The molecule has 0 spiro atoms. The minimum absolute atomic E-state index is 0.258. The molecule has 0 radical (unpaired) electrons. The molecule has 2 rings (SSSR count). The van der Waals surface area contributed by atoms with Crippen molar-refractivity contribution < 1.29 is 4.39 Å². The number of piperazine rings is 1. The molecule has 1 aromatic rings. The first kappa shape index (κ1) is 15.0. The molecule has 1 saturated heterocycles. The molecule has 108 valence electrons. The van der Waals surface area contributed by atoms with Crippen LogP contribution in [0.25, 0.3) is 0 Å². The fraction of sp³-hybridized carbons (Fsp3) is 0.562. The largest absolute Gasteiger partial charge is 0.298 e.